The first-order chi connectivity index (χ1) is 14.4. The first kappa shape index (κ1) is 20.5. The molecule has 4 aromatic rings. The molecular formula is C20H16ClF2N5OS. The molecule has 0 radical (unpaired) electrons. The lowest BCUT2D eigenvalue weighted by Crippen LogP contribution is -2.16. The van der Waals surface area contributed by atoms with Crippen LogP contribution in [0.4, 0.5) is 14.6 Å². The summed E-state index contributed by atoms with van der Waals surface area (Å²) in [5, 5.41) is 21.3. The van der Waals surface area contributed by atoms with E-state index in [2.05, 4.69) is 25.5 Å². The van der Waals surface area contributed by atoms with Crippen LogP contribution in [-0.2, 0) is 0 Å². The van der Waals surface area contributed by atoms with Crippen molar-refractivity contribution in [2.24, 2.45) is 0 Å². The first-order valence-electron chi connectivity index (χ1n) is 8.98. The van der Waals surface area contributed by atoms with Crippen LogP contribution in [0.15, 0.2) is 52.5 Å². The highest BCUT2D eigenvalue weighted by atomic mass is 35.5. The van der Waals surface area contributed by atoms with Crippen LogP contribution in [-0.4, -0.2) is 37.9 Å². The van der Waals surface area contributed by atoms with Gasteiger partial charge in [0.2, 0.25) is 0 Å². The van der Waals surface area contributed by atoms with E-state index in [0.717, 1.165) is 23.4 Å². The van der Waals surface area contributed by atoms with Gasteiger partial charge in [-0.25, -0.2) is 18.7 Å². The molecule has 0 aliphatic carbocycles. The van der Waals surface area contributed by atoms with E-state index in [9.17, 15) is 13.9 Å². The van der Waals surface area contributed by atoms with Crippen LogP contribution in [0.3, 0.4) is 0 Å². The van der Waals surface area contributed by atoms with Gasteiger partial charge in [0, 0.05) is 23.2 Å². The summed E-state index contributed by atoms with van der Waals surface area (Å²) in [6.07, 6.45) is -0.628. The topological polar surface area (TPSA) is 86.7 Å². The van der Waals surface area contributed by atoms with Crippen LogP contribution in [0.25, 0.3) is 22.3 Å². The minimum Gasteiger partial charge on any atom is -0.392 e. The summed E-state index contributed by atoms with van der Waals surface area (Å²) in [6, 6.07) is 10.6. The van der Waals surface area contributed by atoms with E-state index >= 15 is 0 Å². The fourth-order valence-corrected chi connectivity index (χ4v) is 3.83. The van der Waals surface area contributed by atoms with Crippen LogP contribution in [0.5, 0.6) is 0 Å². The molecule has 154 valence electrons. The van der Waals surface area contributed by atoms with Crippen molar-refractivity contribution in [2.75, 3.05) is 11.9 Å². The predicted octanol–water partition coefficient (Wildman–Crippen LogP) is 4.90. The number of halogens is 3. The third-order valence-electron chi connectivity index (χ3n) is 4.20. The molecule has 2 aromatic heterocycles. The van der Waals surface area contributed by atoms with Crippen molar-refractivity contribution < 1.29 is 13.9 Å². The number of rotatable bonds is 6. The molecule has 6 nitrogen and oxygen atoms in total. The number of aromatic amines is 1. The Morgan fingerprint density at radius 1 is 1.20 bits per heavy atom. The van der Waals surface area contributed by atoms with Crippen molar-refractivity contribution in [1.29, 1.82) is 0 Å². The van der Waals surface area contributed by atoms with Crippen LogP contribution < -0.4 is 5.32 Å². The Morgan fingerprint density at radius 2 is 2.00 bits per heavy atom. The molecule has 30 heavy (non-hydrogen) atoms. The van der Waals surface area contributed by atoms with Gasteiger partial charge in [-0.15, -0.1) is 0 Å². The van der Waals surface area contributed by atoms with Gasteiger partial charge in [0.15, 0.2) is 10.8 Å². The summed E-state index contributed by atoms with van der Waals surface area (Å²) in [4.78, 5) is 9.07. The second-order valence-electron chi connectivity index (χ2n) is 6.54. The smallest absolute Gasteiger partial charge is 0.196 e. The number of aromatic nitrogens is 4. The fraction of sp³-hybridized carbons (Fsp3) is 0.150. The van der Waals surface area contributed by atoms with Gasteiger partial charge >= 0.3 is 0 Å². The van der Waals surface area contributed by atoms with Gasteiger partial charge in [-0.3, -0.25) is 5.10 Å². The van der Waals surface area contributed by atoms with Crippen molar-refractivity contribution >= 4 is 40.2 Å². The number of benzene rings is 2. The number of fused-ring (bicyclic) bond motifs is 1. The largest absolute Gasteiger partial charge is 0.392 e. The summed E-state index contributed by atoms with van der Waals surface area (Å²) < 4.78 is 27.3. The van der Waals surface area contributed by atoms with Crippen molar-refractivity contribution in [3.8, 4) is 11.3 Å². The van der Waals surface area contributed by atoms with Gasteiger partial charge in [0.05, 0.1) is 22.1 Å². The van der Waals surface area contributed by atoms with E-state index in [1.807, 2.05) is 18.2 Å². The third-order valence-corrected chi connectivity index (χ3v) is 5.44. The number of anilines is 1. The number of hydrogen-bond donors (Lipinski definition) is 3. The van der Waals surface area contributed by atoms with E-state index in [4.69, 9.17) is 11.6 Å². The lowest BCUT2D eigenvalue weighted by Gasteiger charge is -2.11. The van der Waals surface area contributed by atoms with Crippen molar-refractivity contribution in [1.82, 2.24) is 20.2 Å². The predicted molar refractivity (Wildman–Crippen MR) is 113 cm³/mol. The SMILES string of the molecule is CC(O)CNc1nc(Sc2ccc(F)cc2F)nc2n[nH]c(-c3ccccc3Cl)c12. The second-order valence-corrected chi connectivity index (χ2v) is 7.95. The number of nitrogens with one attached hydrogen (secondary N) is 2. The number of aliphatic hydroxyl groups excluding tert-OH is 1. The minimum absolute atomic E-state index is 0.180. The monoisotopic (exact) mass is 447 g/mol. The lowest BCUT2D eigenvalue weighted by molar-refractivity contribution is 0.208. The molecule has 1 unspecified atom stereocenters. The first-order valence-corrected chi connectivity index (χ1v) is 10.2. The summed E-state index contributed by atoms with van der Waals surface area (Å²) in [7, 11) is 0. The van der Waals surface area contributed by atoms with Crippen LogP contribution >= 0.6 is 23.4 Å². The Bertz CT molecular complexity index is 1220. The highest BCUT2D eigenvalue weighted by Gasteiger charge is 2.19. The van der Waals surface area contributed by atoms with Crippen LogP contribution in [0.1, 0.15) is 6.92 Å². The lowest BCUT2D eigenvalue weighted by atomic mass is 10.1. The Kier molecular flexibility index (Phi) is 5.85. The molecule has 0 saturated heterocycles. The maximum atomic E-state index is 14.1. The molecule has 0 aliphatic heterocycles. The zero-order valence-corrected chi connectivity index (χ0v) is 17.2. The average molecular weight is 448 g/mol. The van der Waals surface area contributed by atoms with Gasteiger partial charge in [0.1, 0.15) is 17.5 Å². The zero-order valence-electron chi connectivity index (χ0n) is 15.7. The van der Waals surface area contributed by atoms with E-state index in [1.54, 1.807) is 13.0 Å². The molecule has 4 rings (SSSR count). The third kappa shape index (κ3) is 4.23. The second kappa shape index (κ2) is 8.55. The Morgan fingerprint density at radius 3 is 2.73 bits per heavy atom. The van der Waals surface area contributed by atoms with Crippen LogP contribution in [0.2, 0.25) is 5.02 Å². The van der Waals surface area contributed by atoms with Crippen molar-refractivity contribution in [3.63, 3.8) is 0 Å². The number of hydrogen-bond acceptors (Lipinski definition) is 6. The van der Waals surface area contributed by atoms with E-state index in [1.165, 1.54) is 12.1 Å². The maximum Gasteiger partial charge on any atom is 0.196 e. The summed E-state index contributed by atoms with van der Waals surface area (Å²) in [5.74, 6) is -0.959. The Hall–Kier alpha value is -2.75. The number of nitrogens with zero attached hydrogens (tertiary/aromatic N) is 3. The molecule has 0 spiro atoms. The highest BCUT2D eigenvalue weighted by Crippen LogP contribution is 2.36. The van der Waals surface area contributed by atoms with Gasteiger partial charge in [-0.1, -0.05) is 29.8 Å². The molecule has 0 saturated carbocycles. The highest BCUT2D eigenvalue weighted by molar-refractivity contribution is 7.99. The summed E-state index contributed by atoms with van der Waals surface area (Å²) >= 11 is 7.29. The van der Waals surface area contributed by atoms with Crippen molar-refractivity contribution in [3.05, 3.63) is 59.1 Å². The summed E-state index contributed by atoms with van der Waals surface area (Å²) in [6.45, 7) is 1.87. The Balaban J connectivity index is 1.82. The van der Waals surface area contributed by atoms with E-state index < -0.39 is 17.7 Å². The molecule has 0 amide bonds. The molecule has 1 atom stereocenters. The average Bonchev–Trinajstić information content (AvgIpc) is 3.12. The van der Waals surface area contributed by atoms with Crippen molar-refractivity contribution in [2.45, 2.75) is 23.1 Å². The molecule has 2 aromatic carbocycles. The minimum atomic E-state index is -0.707. The molecule has 0 bridgehead atoms. The Labute approximate surface area is 179 Å². The zero-order chi connectivity index (χ0) is 21.3. The van der Waals surface area contributed by atoms with Crippen LogP contribution in [0, 0.1) is 11.6 Å². The molecule has 0 aliphatic rings. The summed E-state index contributed by atoms with van der Waals surface area (Å²) in [5.41, 5.74) is 1.68. The van der Waals surface area contributed by atoms with E-state index in [-0.39, 0.29) is 16.6 Å². The molecule has 0 fully saturated rings. The fourth-order valence-electron chi connectivity index (χ4n) is 2.84. The molecule has 2 heterocycles. The maximum absolute atomic E-state index is 14.1. The van der Waals surface area contributed by atoms with Gasteiger partial charge in [-0.2, -0.15) is 5.10 Å². The normalized spacial score (nSPS) is 12.3. The molecular weight excluding hydrogens is 432 g/mol. The standard InChI is InChI=1S/C20H16ClF2N5OS/c1-10(29)9-24-18-16-17(12-4-2-3-5-13(12)21)27-28-19(16)26-20(25-18)30-15-7-6-11(22)8-14(15)23/h2-8,10,29H,9H2,1H3,(H2,24,25,26,27,28). The van der Waals surface area contributed by atoms with Gasteiger partial charge in [-0.05, 0) is 36.9 Å². The van der Waals surface area contributed by atoms with Gasteiger partial charge in [0.25, 0.3) is 0 Å². The van der Waals surface area contributed by atoms with Gasteiger partial charge < -0.3 is 10.4 Å². The number of H-pyrrole nitrogens is 1. The molecule has 10 heteroatoms. The quantitative estimate of drug-likeness (QED) is 0.365. The molecule has 3 N–H and O–H groups in total. The van der Waals surface area contributed by atoms with E-state index in [0.29, 0.717) is 27.6 Å². The number of aliphatic hydroxyl groups is 1.